The van der Waals surface area contributed by atoms with Crippen LogP contribution in [0.25, 0.3) is 0 Å². The third kappa shape index (κ3) is 4.47. The summed E-state index contributed by atoms with van der Waals surface area (Å²) >= 11 is 0. The van der Waals surface area contributed by atoms with Crippen LogP contribution in [0.4, 0.5) is 5.69 Å². The molecule has 150 valence electrons. The fraction of sp³-hybridized carbons (Fsp3) is 0.348. The summed E-state index contributed by atoms with van der Waals surface area (Å²) in [4.78, 5) is 39.8. The molecular formula is C23H25N3O3. The van der Waals surface area contributed by atoms with Crippen molar-refractivity contribution in [2.24, 2.45) is 5.73 Å². The Morgan fingerprint density at radius 2 is 1.66 bits per heavy atom. The predicted molar refractivity (Wildman–Crippen MR) is 110 cm³/mol. The Kier molecular flexibility index (Phi) is 5.34. The summed E-state index contributed by atoms with van der Waals surface area (Å²) in [5, 5.41) is 0. The average molecular weight is 391 g/mol. The summed E-state index contributed by atoms with van der Waals surface area (Å²) in [5.41, 5.74) is 8.59. The zero-order chi connectivity index (χ0) is 20.4. The summed E-state index contributed by atoms with van der Waals surface area (Å²) in [6.07, 6.45) is 3.90. The highest BCUT2D eigenvalue weighted by atomic mass is 16.2. The van der Waals surface area contributed by atoms with Crippen LogP contribution in [0.1, 0.15) is 47.2 Å². The molecule has 0 radical (unpaired) electrons. The van der Waals surface area contributed by atoms with Gasteiger partial charge in [0.1, 0.15) is 0 Å². The number of nitrogens with two attached hydrogens (primary N) is 1. The molecule has 2 aromatic carbocycles. The van der Waals surface area contributed by atoms with Gasteiger partial charge in [0.25, 0.3) is 0 Å². The molecule has 1 heterocycles. The van der Waals surface area contributed by atoms with Crippen molar-refractivity contribution in [3.05, 3.63) is 65.2 Å². The molecule has 2 aliphatic rings. The molecule has 1 saturated heterocycles. The zero-order valence-corrected chi connectivity index (χ0v) is 16.3. The lowest BCUT2D eigenvalue weighted by Crippen LogP contribution is -2.33. The first-order chi connectivity index (χ1) is 14.0. The second kappa shape index (κ2) is 8.07. The summed E-state index contributed by atoms with van der Waals surface area (Å²) in [5.74, 6) is -0.196. The Balaban J connectivity index is 1.41. The molecule has 2 aromatic rings. The first-order valence-corrected chi connectivity index (χ1v) is 10.1. The van der Waals surface area contributed by atoms with Crippen LogP contribution in [0, 0.1) is 0 Å². The first kappa shape index (κ1) is 19.2. The largest absolute Gasteiger partial charge is 0.366 e. The van der Waals surface area contributed by atoms with Gasteiger partial charge in [-0.25, -0.2) is 0 Å². The molecule has 3 amide bonds. The van der Waals surface area contributed by atoms with Crippen LogP contribution in [-0.4, -0.2) is 35.2 Å². The van der Waals surface area contributed by atoms with Gasteiger partial charge in [0, 0.05) is 36.8 Å². The Morgan fingerprint density at radius 1 is 1.00 bits per heavy atom. The van der Waals surface area contributed by atoms with Gasteiger partial charge in [0.2, 0.25) is 17.7 Å². The number of carbonyl (C=O) groups excluding carboxylic acids is 3. The normalized spacial score (nSPS) is 16.1. The van der Waals surface area contributed by atoms with E-state index < -0.39 is 5.91 Å². The van der Waals surface area contributed by atoms with Gasteiger partial charge in [-0.1, -0.05) is 24.3 Å². The molecule has 0 unspecified atom stereocenters. The molecule has 2 fully saturated rings. The second-order valence-corrected chi connectivity index (χ2v) is 7.81. The van der Waals surface area contributed by atoms with E-state index in [9.17, 15) is 14.4 Å². The Labute approximate surface area is 170 Å². The van der Waals surface area contributed by atoms with Gasteiger partial charge >= 0.3 is 0 Å². The van der Waals surface area contributed by atoms with Crippen LogP contribution >= 0.6 is 0 Å². The Hall–Kier alpha value is -3.15. The average Bonchev–Trinajstić information content (AvgIpc) is 3.47. The topological polar surface area (TPSA) is 83.7 Å². The van der Waals surface area contributed by atoms with Crippen LogP contribution in [-0.2, 0) is 22.6 Å². The third-order valence-corrected chi connectivity index (χ3v) is 5.58. The second-order valence-electron chi connectivity index (χ2n) is 7.81. The highest BCUT2D eigenvalue weighted by Crippen LogP contribution is 2.29. The number of amides is 3. The Morgan fingerprint density at radius 3 is 2.21 bits per heavy atom. The summed E-state index contributed by atoms with van der Waals surface area (Å²) in [6.45, 7) is 1.30. The van der Waals surface area contributed by atoms with Gasteiger partial charge in [-0.3, -0.25) is 14.4 Å². The molecule has 4 rings (SSSR count). The van der Waals surface area contributed by atoms with Crippen molar-refractivity contribution in [3.63, 3.8) is 0 Å². The van der Waals surface area contributed by atoms with E-state index in [1.165, 1.54) is 0 Å². The number of hydrogen-bond acceptors (Lipinski definition) is 3. The highest BCUT2D eigenvalue weighted by molar-refractivity contribution is 5.95. The maximum absolute atomic E-state index is 13.0. The molecule has 0 aromatic heterocycles. The van der Waals surface area contributed by atoms with E-state index in [0.717, 1.165) is 42.6 Å². The number of anilines is 1. The monoisotopic (exact) mass is 391 g/mol. The van der Waals surface area contributed by atoms with Crippen molar-refractivity contribution in [2.45, 2.75) is 44.7 Å². The smallest absolute Gasteiger partial charge is 0.248 e. The molecular weight excluding hydrogens is 366 g/mol. The van der Waals surface area contributed by atoms with Crippen molar-refractivity contribution in [1.82, 2.24) is 4.90 Å². The van der Waals surface area contributed by atoms with Crippen LogP contribution < -0.4 is 10.6 Å². The SMILES string of the molecule is NC(=O)c1ccc(CN(C(=O)Cc2ccc(N3CCCC3=O)cc2)C2CC2)cc1. The molecule has 1 aliphatic heterocycles. The lowest BCUT2D eigenvalue weighted by atomic mass is 10.1. The van der Waals surface area contributed by atoms with Gasteiger partial charge < -0.3 is 15.5 Å². The summed E-state index contributed by atoms with van der Waals surface area (Å²) in [7, 11) is 0. The van der Waals surface area contributed by atoms with E-state index in [-0.39, 0.29) is 11.8 Å². The molecule has 1 saturated carbocycles. The molecule has 29 heavy (non-hydrogen) atoms. The number of primary amides is 1. The maximum Gasteiger partial charge on any atom is 0.248 e. The van der Waals surface area contributed by atoms with E-state index in [0.29, 0.717) is 31.0 Å². The first-order valence-electron chi connectivity index (χ1n) is 10.1. The zero-order valence-electron chi connectivity index (χ0n) is 16.3. The minimum atomic E-state index is -0.453. The van der Waals surface area contributed by atoms with Gasteiger partial charge in [-0.15, -0.1) is 0 Å². The van der Waals surface area contributed by atoms with Crippen molar-refractivity contribution >= 4 is 23.4 Å². The molecule has 0 spiro atoms. The van der Waals surface area contributed by atoms with E-state index >= 15 is 0 Å². The van der Waals surface area contributed by atoms with E-state index in [2.05, 4.69) is 0 Å². The van der Waals surface area contributed by atoms with Gasteiger partial charge in [-0.05, 0) is 54.7 Å². The van der Waals surface area contributed by atoms with Crippen LogP contribution in [0.2, 0.25) is 0 Å². The van der Waals surface area contributed by atoms with Crippen LogP contribution in [0.15, 0.2) is 48.5 Å². The van der Waals surface area contributed by atoms with Gasteiger partial charge in [-0.2, -0.15) is 0 Å². The molecule has 1 aliphatic carbocycles. The Bertz CT molecular complexity index is 917. The minimum Gasteiger partial charge on any atom is -0.366 e. The third-order valence-electron chi connectivity index (χ3n) is 5.58. The predicted octanol–water partition coefficient (Wildman–Crippen LogP) is 2.65. The lowest BCUT2D eigenvalue weighted by Gasteiger charge is -2.23. The van der Waals surface area contributed by atoms with E-state index in [1.54, 1.807) is 17.0 Å². The van der Waals surface area contributed by atoms with E-state index in [4.69, 9.17) is 5.73 Å². The summed E-state index contributed by atoms with van der Waals surface area (Å²) < 4.78 is 0. The number of benzene rings is 2. The molecule has 6 heteroatoms. The van der Waals surface area contributed by atoms with Crippen molar-refractivity contribution < 1.29 is 14.4 Å². The quantitative estimate of drug-likeness (QED) is 0.788. The van der Waals surface area contributed by atoms with Gasteiger partial charge in [0.05, 0.1) is 6.42 Å². The van der Waals surface area contributed by atoms with Crippen molar-refractivity contribution in [1.29, 1.82) is 0 Å². The van der Waals surface area contributed by atoms with E-state index in [1.807, 2.05) is 41.3 Å². The maximum atomic E-state index is 13.0. The number of carbonyl (C=O) groups is 3. The number of nitrogens with zero attached hydrogens (tertiary/aromatic N) is 2. The molecule has 2 N–H and O–H groups in total. The van der Waals surface area contributed by atoms with Crippen LogP contribution in [0.5, 0.6) is 0 Å². The number of rotatable bonds is 7. The standard InChI is InChI=1S/C23H25N3O3/c24-23(29)18-7-3-17(4-8-18)15-26(20-11-12-20)22(28)14-16-5-9-19(10-6-16)25-13-1-2-21(25)27/h3-10,20H,1-2,11-15H2,(H2,24,29). The lowest BCUT2D eigenvalue weighted by molar-refractivity contribution is -0.131. The molecule has 6 nitrogen and oxygen atoms in total. The van der Waals surface area contributed by atoms with Crippen molar-refractivity contribution in [2.75, 3.05) is 11.4 Å². The van der Waals surface area contributed by atoms with Crippen LogP contribution in [0.3, 0.4) is 0 Å². The van der Waals surface area contributed by atoms with Gasteiger partial charge in [0.15, 0.2) is 0 Å². The fourth-order valence-corrected chi connectivity index (χ4v) is 3.77. The molecule has 0 bridgehead atoms. The fourth-order valence-electron chi connectivity index (χ4n) is 3.77. The number of hydrogen-bond donors (Lipinski definition) is 1. The minimum absolute atomic E-state index is 0.0940. The summed E-state index contributed by atoms with van der Waals surface area (Å²) in [6, 6.07) is 15.1. The highest BCUT2D eigenvalue weighted by Gasteiger charge is 2.32. The molecule has 0 atom stereocenters. The van der Waals surface area contributed by atoms with Crippen molar-refractivity contribution in [3.8, 4) is 0 Å².